The van der Waals surface area contributed by atoms with Crippen LogP contribution in [0.1, 0.15) is 54.9 Å². The lowest BCUT2D eigenvalue weighted by Gasteiger charge is -2.37. The van der Waals surface area contributed by atoms with Crippen molar-refractivity contribution < 1.29 is 81.7 Å². The quantitative estimate of drug-likeness (QED) is 0.0263. The topological polar surface area (TPSA) is 394 Å². The van der Waals surface area contributed by atoms with Crippen LogP contribution in [0, 0.1) is 6.92 Å². The Bertz CT molecular complexity index is 1920. The molecule has 332 valence electrons. The minimum atomic E-state index is -4.88. The van der Waals surface area contributed by atoms with Crippen molar-refractivity contribution in [3.8, 4) is 11.5 Å². The van der Waals surface area contributed by atoms with E-state index in [0.29, 0.717) is 0 Å². The average molecular weight is 937 g/mol. The summed E-state index contributed by atoms with van der Waals surface area (Å²) in [5.74, 6) is -1.17. The molecule has 2 aromatic carbocycles. The predicted molar refractivity (Wildman–Crippen MR) is 214 cm³/mol. The van der Waals surface area contributed by atoms with Crippen LogP contribution in [0.3, 0.4) is 0 Å². The van der Waals surface area contributed by atoms with Crippen LogP contribution in [0.25, 0.3) is 0 Å². The molecule has 28 heteroatoms. The van der Waals surface area contributed by atoms with Crippen LogP contribution >= 0.6 is 0 Å². The highest BCUT2D eigenvalue weighted by Crippen LogP contribution is 2.35. The Balaban J connectivity index is 2.34. The Hall–Kier alpha value is -2.28. The third-order valence-corrected chi connectivity index (χ3v) is 21.7. The lowest BCUT2D eigenvalue weighted by Crippen LogP contribution is -2.64. The molecule has 58 heavy (non-hydrogen) atoms. The summed E-state index contributed by atoms with van der Waals surface area (Å²) in [6.45, 7) is 2.21. The van der Waals surface area contributed by atoms with Crippen LogP contribution in [0.15, 0.2) is 34.1 Å². The van der Waals surface area contributed by atoms with Crippen molar-refractivity contribution in [1.82, 2.24) is 5.32 Å². The van der Waals surface area contributed by atoms with Gasteiger partial charge in [0.05, 0.1) is 9.79 Å². The maximum absolute atomic E-state index is 13.0. The van der Waals surface area contributed by atoms with Gasteiger partial charge in [0, 0.05) is 48.3 Å². The third kappa shape index (κ3) is 17.0. The van der Waals surface area contributed by atoms with E-state index in [1.807, 2.05) is 0 Å². The van der Waals surface area contributed by atoms with Gasteiger partial charge in [0.15, 0.2) is 6.61 Å². The van der Waals surface area contributed by atoms with Crippen LogP contribution in [0.2, 0.25) is 24.2 Å². The van der Waals surface area contributed by atoms with Crippen molar-refractivity contribution in [2.24, 2.45) is 17.2 Å². The molecule has 0 aliphatic carbocycles. The van der Waals surface area contributed by atoms with Gasteiger partial charge in [-0.15, -0.1) is 0 Å². The first-order chi connectivity index (χ1) is 26.7. The zero-order valence-electron chi connectivity index (χ0n) is 32.2. The number of benzene rings is 2. The van der Waals surface area contributed by atoms with Crippen LogP contribution in [-0.4, -0.2) is 134 Å². The Labute approximate surface area is 341 Å². The summed E-state index contributed by atoms with van der Waals surface area (Å²) in [6.07, 6.45) is -0.168. The summed E-state index contributed by atoms with van der Waals surface area (Å²) in [5, 5.41) is 13.2. The first kappa shape index (κ1) is 51.9. The van der Waals surface area contributed by atoms with Gasteiger partial charge in [-0.2, -0.15) is 16.8 Å². The molecular formula is C30H56N4O18S2Si4. The van der Waals surface area contributed by atoms with Gasteiger partial charge in [-0.05, 0) is 94.1 Å². The van der Waals surface area contributed by atoms with E-state index in [2.05, 4.69) is 5.32 Å². The van der Waals surface area contributed by atoms with Crippen molar-refractivity contribution in [2.75, 3.05) is 32.8 Å². The predicted octanol–water partition coefficient (Wildman–Crippen LogP) is -1.96. The van der Waals surface area contributed by atoms with Crippen LogP contribution in [0.4, 0.5) is 0 Å². The van der Waals surface area contributed by atoms with Crippen LogP contribution in [-0.2, 0) is 50.2 Å². The molecule has 16 N–H and O–H groups in total. The second-order valence-corrected chi connectivity index (χ2v) is 26.6. The number of aryl methyl sites for hydroxylation is 2. The van der Waals surface area contributed by atoms with Gasteiger partial charge in [-0.3, -0.25) is 13.9 Å². The first-order valence-electron chi connectivity index (χ1n) is 18.1. The van der Waals surface area contributed by atoms with E-state index in [-0.39, 0.29) is 117 Å². The molecule has 0 aliphatic heterocycles. The Morgan fingerprint density at radius 1 is 0.690 bits per heavy atom. The van der Waals surface area contributed by atoms with Crippen molar-refractivity contribution in [2.45, 2.75) is 86.3 Å². The van der Waals surface area contributed by atoms with Gasteiger partial charge in [-0.1, -0.05) is 6.92 Å². The highest BCUT2D eigenvalue weighted by molar-refractivity contribution is 7.86. The lowest BCUT2D eigenvalue weighted by atomic mass is 9.98. The van der Waals surface area contributed by atoms with Crippen molar-refractivity contribution >= 4 is 61.4 Å². The maximum atomic E-state index is 13.0. The number of aromatic hydroxyl groups is 1. The monoisotopic (exact) mass is 936 g/mol. The van der Waals surface area contributed by atoms with E-state index in [1.165, 1.54) is 6.92 Å². The van der Waals surface area contributed by atoms with Crippen molar-refractivity contribution in [3.05, 3.63) is 46.5 Å². The fourth-order valence-corrected chi connectivity index (χ4v) is 19.0. The smallest absolute Gasteiger partial charge is 0.488 e. The molecule has 0 saturated heterocycles. The number of carbonyl (C=O) groups is 1. The minimum absolute atomic E-state index is 0.00959. The molecule has 1 amide bonds. The third-order valence-electron chi connectivity index (χ3n) is 8.34. The lowest BCUT2D eigenvalue weighted by molar-refractivity contribution is -0.123. The highest BCUT2D eigenvalue weighted by atomic mass is 32.2. The molecule has 0 saturated carbocycles. The van der Waals surface area contributed by atoms with E-state index < -0.39 is 83.8 Å². The molecule has 0 aliphatic rings. The molecule has 22 nitrogen and oxygen atoms in total. The maximum Gasteiger partial charge on any atom is 0.488 e. The molecule has 2 aromatic rings. The zero-order valence-corrected chi connectivity index (χ0v) is 37.8. The highest BCUT2D eigenvalue weighted by Gasteiger charge is 2.56. The van der Waals surface area contributed by atoms with E-state index in [0.717, 1.165) is 24.3 Å². The van der Waals surface area contributed by atoms with Crippen LogP contribution in [0.5, 0.6) is 11.5 Å². The molecule has 2 unspecified atom stereocenters. The molecule has 0 bridgehead atoms. The number of hydrogen-bond donors (Lipinski definition) is 13. The molecule has 0 spiro atoms. The summed E-state index contributed by atoms with van der Waals surface area (Å²) < 4.78 is 89.6. The van der Waals surface area contributed by atoms with Crippen molar-refractivity contribution in [3.63, 3.8) is 0 Å². The molecular weight excluding hydrogens is 881 g/mol. The molecule has 2 rings (SSSR count). The number of nitrogens with two attached hydrogens (primary N) is 3. The number of carbonyl (C=O) groups excluding carboxylic acids is 1. The fraction of sp³-hybridized carbons (Fsp3) is 0.567. The van der Waals surface area contributed by atoms with Gasteiger partial charge < -0.3 is 73.5 Å². The second kappa shape index (κ2) is 22.0. The van der Waals surface area contributed by atoms with Gasteiger partial charge in [0.1, 0.15) is 11.5 Å². The zero-order chi connectivity index (χ0) is 44.2. The number of phenols is 1. The summed E-state index contributed by atoms with van der Waals surface area (Å²) in [4.78, 5) is 77.1. The largest absolute Gasteiger partial charge is 0.507 e. The SMILES string of the molecule is CCc1cc(S(=O)(=O)O)cc(Cc2cc(S(=O)(=O)O)cc(C)c2O)c1OCC(=O)NCCC[Si](O)(O[Si](O)(O)CCCN)O[Si](O)(CCCN)O[Si](O)(O)CCCN. The summed E-state index contributed by atoms with van der Waals surface area (Å²) >= 11 is 0. The number of ether oxygens (including phenoxy) is 1. The summed E-state index contributed by atoms with van der Waals surface area (Å²) in [6, 6.07) is 2.58. The van der Waals surface area contributed by atoms with E-state index in [4.69, 9.17) is 34.3 Å². The number of rotatable bonds is 27. The minimum Gasteiger partial charge on any atom is -0.507 e. The standard InChI is InChI=1S/C30H56N4O18S2Si4/c1-3-23-18-27(54(40,41)42)20-25(17-24-19-26(53(37,38)39)16-22(2)29(24)36)30(23)49-21-28(35)34-11-7-15-58(48,51-56(45,46)13-5-9-32)52-57(47,14-6-10-33)50-55(43,44)12-4-8-31/h16,18-20,36,43-48H,3-15,17,21,31-33H2,1-2H3,(H,34,35)(H,37,38,39)(H,40,41,42). The van der Waals surface area contributed by atoms with Crippen molar-refractivity contribution in [1.29, 1.82) is 0 Å². The molecule has 0 fully saturated rings. The summed E-state index contributed by atoms with van der Waals surface area (Å²) in [7, 11) is -28.4. The molecule has 0 aromatic heterocycles. The number of nitrogens with one attached hydrogen (secondary N) is 1. The number of hydrogen-bond acceptors (Lipinski definition) is 19. The molecule has 2 atom stereocenters. The van der Waals surface area contributed by atoms with E-state index in [1.54, 1.807) is 6.92 Å². The van der Waals surface area contributed by atoms with Gasteiger partial charge in [0.2, 0.25) is 0 Å². The number of phenolic OH excluding ortho intramolecular Hbond substituents is 1. The van der Waals surface area contributed by atoms with E-state index >= 15 is 0 Å². The average Bonchev–Trinajstić information content (AvgIpc) is 3.10. The van der Waals surface area contributed by atoms with Crippen LogP contribution < -0.4 is 27.3 Å². The second-order valence-electron chi connectivity index (χ2n) is 13.4. The first-order valence-corrected chi connectivity index (χ1v) is 28.9. The summed E-state index contributed by atoms with van der Waals surface area (Å²) in [5.41, 5.74) is 16.7. The van der Waals surface area contributed by atoms with Gasteiger partial charge in [-0.25, -0.2) is 0 Å². The molecule has 0 radical (unpaired) electrons. The Morgan fingerprint density at radius 3 is 1.62 bits per heavy atom. The fourth-order valence-electron chi connectivity index (χ4n) is 5.58. The van der Waals surface area contributed by atoms with E-state index in [9.17, 15) is 64.6 Å². The Kier molecular flexibility index (Phi) is 19.7. The van der Waals surface area contributed by atoms with Gasteiger partial charge >= 0.3 is 35.2 Å². The Morgan fingerprint density at radius 2 is 1.14 bits per heavy atom. The molecule has 0 heterocycles. The number of amides is 1. The normalized spacial score (nSPS) is 14.8. The van der Waals surface area contributed by atoms with Gasteiger partial charge in [0.25, 0.3) is 26.1 Å².